The standard InChI is InChI=1S/C22H23N5O2S/c1-13-17(14(2)27-21(24-13)25-22(26-27)30-4)11-20(28)23-12-18-16-8-6-5-7-15(16)9-10-19(18)29-3/h5-10H,11-12H2,1-4H3,(H,23,28). The number of thioether (sulfide) groups is 1. The summed E-state index contributed by atoms with van der Waals surface area (Å²) in [7, 11) is 1.64. The van der Waals surface area contributed by atoms with Crippen molar-refractivity contribution in [1.82, 2.24) is 24.9 Å². The van der Waals surface area contributed by atoms with Crippen molar-refractivity contribution in [2.24, 2.45) is 0 Å². The van der Waals surface area contributed by atoms with Gasteiger partial charge in [-0.25, -0.2) is 9.50 Å². The Labute approximate surface area is 178 Å². The minimum absolute atomic E-state index is 0.0810. The minimum Gasteiger partial charge on any atom is -0.496 e. The number of hydrogen-bond acceptors (Lipinski definition) is 6. The first kappa shape index (κ1) is 20.2. The van der Waals surface area contributed by atoms with Gasteiger partial charge in [-0.1, -0.05) is 42.1 Å². The van der Waals surface area contributed by atoms with Crippen LogP contribution in [0.15, 0.2) is 41.6 Å². The van der Waals surface area contributed by atoms with Crippen molar-refractivity contribution in [3.05, 3.63) is 58.9 Å². The number of carbonyl (C=O) groups is 1. The van der Waals surface area contributed by atoms with Crippen molar-refractivity contribution in [2.45, 2.75) is 32.0 Å². The number of hydrogen-bond donors (Lipinski definition) is 1. The third-order valence-corrected chi connectivity index (χ3v) is 5.77. The van der Waals surface area contributed by atoms with Crippen LogP contribution in [0.1, 0.15) is 22.5 Å². The third-order valence-electron chi connectivity index (χ3n) is 5.23. The molecule has 0 spiro atoms. The molecule has 7 nitrogen and oxygen atoms in total. The first-order valence-electron chi connectivity index (χ1n) is 9.60. The molecule has 30 heavy (non-hydrogen) atoms. The number of benzene rings is 2. The summed E-state index contributed by atoms with van der Waals surface area (Å²) in [4.78, 5) is 21.7. The van der Waals surface area contributed by atoms with Crippen molar-refractivity contribution in [2.75, 3.05) is 13.4 Å². The van der Waals surface area contributed by atoms with Gasteiger partial charge in [0, 0.05) is 29.1 Å². The molecule has 0 bridgehead atoms. The van der Waals surface area contributed by atoms with Crippen molar-refractivity contribution in [3.63, 3.8) is 0 Å². The van der Waals surface area contributed by atoms with Gasteiger partial charge in [0.1, 0.15) is 5.75 Å². The number of rotatable bonds is 6. The summed E-state index contributed by atoms with van der Waals surface area (Å²) in [6, 6.07) is 12.0. The van der Waals surface area contributed by atoms with E-state index in [9.17, 15) is 4.79 Å². The second-order valence-electron chi connectivity index (χ2n) is 6.99. The predicted octanol–water partition coefficient (Wildman–Crippen LogP) is 3.48. The zero-order valence-corrected chi connectivity index (χ0v) is 18.2. The zero-order valence-electron chi connectivity index (χ0n) is 17.4. The summed E-state index contributed by atoms with van der Waals surface area (Å²) in [5.74, 6) is 1.23. The van der Waals surface area contributed by atoms with Gasteiger partial charge >= 0.3 is 0 Å². The summed E-state index contributed by atoms with van der Waals surface area (Å²) in [6.45, 7) is 4.23. The highest BCUT2D eigenvalue weighted by molar-refractivity contribution is 7.98. The van der Waals surface area contributed by atoms with Crippen LogP contribution in [0.25, 0.3) is 16.6 Å². The molecular formula is C22H23N5O2S. The lowest BCUT2D eigenvalue weighted by atomic mass is 10.0. The van der Waals surface area contributed by atoms with Gasteiger partial charge in [0.2, 0.25) is 11.1 Å². The molecule has 4 rings (SSSR count). The topological polar surface area (TPSA) is 81.4 Å². The number of fused-ring (bicyclic) bond motifs is 2. The van der Waals surface area contributed by atoms with Gasteiger partial charge in [0.05, 0.1) is 13.5 Å². The van der Waals surface area contributed by atoms with E-state index in [1.165, 1.54) is 11.8 Å². The Balaban J connectivity index is 1.57. The number of carbonyl (C=O) groups excluding carboxylic acids is 1. The second kappa shape index (κ2) is 8.31. The van der Waals surface area contributed by atoms with Crippen LogP contribution in [0.4, 0.5) is 0 Å². The van der Waals surface area contributed by atoms with Crippen molar-refractivity contribution >= 4 is 34.2 Å². The normalized spacial score (nSPS) is 11.2. The summed E-state index contributed by atoms with van der Waals surface area (Å²) < 4.78 is 7.23. The minimum atomic E-state index is -0.0810. The highest BCUT2D eigenvalue weighted by atomic mass is 32.2. The molecule has 0 atom stereocenters. The maximum atomic E-state index is 12.8. The SMILES string of the molecule is COc1ccc2ccccc2c1CNC(=O)Cc1c(C)nc2nc(SC)nn2c1C. The average Bonchev–Trinajstić information content (AvgIpc) is 3.18. The Hall–Kier alpha value is -3.13. The van der Waals surface area contributed by atoms with E-state index in [0.29, 0.717) is 17.5 Å². The summed E-state index contributed by atoms with van der Waals surface area (Å²) in [5.41, 5.74) is 3.50. The van der Waals surface area contributed by atoms with Crippen LogP contribution in [-0.2, 0) is 17.8 Å². The lowest BCUT2D eigenvalue weighted by Gasteiger charge is -2.14. The third kappa shape index (κ3) is 3.70. The molecule has 2 aromatic heterocycles. The predicted molar refractivity (Wildman–Crippen MR) is 118 cm³/mol. The van der Waals surface area contributed by atoms with Gasteiger partial charge in [0.25, 0.3) is 5.78 Å². The molecule has 0 fully saturated rings. The van der Waals surface area contributed by atoms with Crippen molar-refractivity contribution < 1.29 is 9.53 Å². The van der Waals surface area contributed by atoms with E-state index in [1.807, 2.05) is 50.4 Å². The summed E-state index contributed by atoms with van der Waals surface area (Å²) in [5, 5.41) is 10.3. The van der Waals surface area contributed by atoms with E-state index < -0.39 is 0 Å². The number of aryl methyl sites for hydroxylation is 2. The fourth-order valence-electron chi connectivity index (χ4n) is 3.63. The maximum absolute atomic E-state index is 12.8. The number of nitrogens with one attached hydrogen (secondary N) is 1. The van der Waals surface area contributed by atoms with Crippen LogP contribution < -0.4 is 10.1 Å². The number of ether oxygens (including phenoxy) is 1. The van der Waals surface area contributed by atoms with Gasteiger partial charge in [-0.3, -0.25) is 4.79 Å². The number of nitrogens with zero attached hydrogens (tertiary/aromatic N) is 4. The van der Waals surface area contributed by atoms with Gasteiger partial charge in [-0.15, -0.1) is 5.10 Å². The molecule has 1 amide bonds. The van der Waals surface area contributed by atoms with Crippen LogP contribution in [0.3, 0.4) is 0 Å². The molecule has 8 heteroatoms. The molecule has 0 aliphatic carbocycles. The monoisotopic (exact) mass is 421 g/mol. The number of amides is 1. The molecule has 2 heterocycles. The lowest BCUT2D eigenvalue weighted by molar-refractivity contribution is -0.120. The van der Waals surface area contributed by atoms with Gasteiger partial charge in [0.15, 0.2) is 0 Å². The molecular weight excluding hydrogens is 398 g/mol. The van der Waals surface area contributed by atoms with Gasteiger partial charge in [-0.05, 0) is 36.9 Å². The second-order valence-corrected chi connectivity index (χ2v) is 7.77. The molecule has 154 valence electrons. The molecule has 4 aromatic rings. The van der Waals surface area contributed by atoms with Crippen LogP contribution in [-0.4, -0.2) is 38.9 Å². The first-order chi connectivity index (χ1) is 14.5. The lowest BCUT2D eigenvalue weighted by Crippen LogP contribution is -2.26. The highest BCUT2D eigenvalue weighted by Crippen LogP contribution is 2.28. The van der Waals surface area contributed by atoms with Crippen molar-refractivity contribution in [3.8, 4) is 5.75 Å². The Morgan fingerprint density at radius 1 is 1.13 bits per heavy atom. The maximum Gasteiger partial charge on any atom is 0.253 e. The highest BCUT2D eigenvalue weighted by Gasteiger charge is 2.17. The largest absolute Gasteiger partial charge is 0.496 e. The van der Waals surface area contributed by atoms with Crippen molar-refractivity contribution in [1.29, 1.82) is 0 Å². The van der Waals surface area contributed by atoms with Crippen LogP contribution in [0.2, 0.25) is 0 Å². The molecule has 0 aliphatic rings. The van der Waals surface area contributed by atoms with E-state index in [2.05, 4.69) is 26.4 Å². The van der Waals surface area contributed by atoms with E-state index in [4.69, 9.17) is 4.74 Å². The van der Waals surface area contributed by atoms with E-state index in [1.54, 1.807) is 11.6 Å². The molecule has 0 unspecified atom stereocenters. The smallest absolute Gasteiger partial charge is 0.253 e. The van der Waals surface area contributed by atoms with Crippen LogP contribution in [0, 0.1) is 13.8 Å². The molecule has 0 aliphatic heterocycles. The molecule has 1 N–H and O–H groups in total. The average molecular weight is 422 g/mol. The number of methoxy groups -OCH3 is 1. The Bertz CT molecular complexity index is 1250. The fraction of sp³-hybridized carbons (Fsp3) is 0.273. The van der Waals surface area contributed by atoms with Gasteiger partial charge < -0.3 is 10.1 Å². The molecule has 0 radical (unpaired) electrons. The Kier molecular flexibility index (Phi) is 5.59. The fourth-order valence-corrected chi connectivity index (χ4v) is 3.97. The van der Waals surface area contributed by atoms with E-state index in [0.717, 1.165) is 39.0 Å². The van der Waals surface area contributed by atoms with E-state index in [-0.39, 0.29) is 12.3 Å². The Morgan fingerprint density at radius 3 is 2.70 bits per heavy atom. The molecule has 2 aromatic carbocycles. The first-order valence-corrected chi connectivity index (χ1v) is 10.8. The zero-order chi connectivity index (χ0) is 21.3. The Morgan fingerprint density at radius 2 is 1.93 bits per heavy atom. The number of aromatic nitrogens is 4. The van der Waals surface area contributed by atoms with E-state index >= 15 is 0 Å². The van der Waals surface area contributed by atoms with Gasteiger partial charge in [-0.2, -0.15) is 4.98 Å². The molecule has 0 saturated heterocycles. The van der Waals surface area contributed by atoms with Crippen LogP contribution in [0.5, 0.6) is 5.75 Å². The summed E-state index contributed by atoms with van der Waals surface area (Å²) in [6.07, 6.45) is 2.15. The van der Waals surface area contributed by atoms with Crippen LogP contribution >= 0.6 is 11.8 Å². The quantitative estimate of drug-likeness (QED) is 0.480. The summed E-state index contributed by atoms with van der Waals surface area (Å²) >= 11 is 1.46. The molecule has 0 saturated carbocycles.